The monoisotopic (exact) mass is 614 g/mol. The van der Waals surface area contributed by atoms with Gasteiger partial charge in [-0.05, 0) is 105 Å². The second-order valence-corrected chi connectivity index (χ2v) is 14.5. The van der Waals surface area contributed by atoms with Crippen molar-refractivity contribution in [1.82, 2.24) is 0 Å². The predicted octanol–water partition coefficient (Wildman–Crippen LogP) is 3.75. The van der Waals surface area contributed by atoms with Gasteiger partial charge in [0.1, 0.15) is 41.7 Å². The van der Waals surface area contributed by atoms with Crippen LogP contribution >= 0.6 is 0 Å². The summed E-state index contributed by atoms with van der Waals surface area (Å²) in [5, 5.41) is 40.5. The van der Waals surface area contributed by atoms with Crippen molar-refractivity contribution >= 4 is 5.78 Å². The van der Waals surface area contributed by atoms with Gasteiger partial charge in [-0.25, -0.2) is 0 Å². The highest BCUT2D eigenvalue weighted by Crippen LogP contribution is 2.69. The van der Waals surface area contributed by atoms with Crippen molar-refractivity contribution in [2.45, 2.75) is 108 Å². The van der Waals surface area contributed by atoms with E-state index in [1.165, 1.54) is 5.57 Å². The second-order valence-electron chi connectivity index (χ2n) is 14.5. The number of ketones is 1. The lowest BCUT2D eigenvalue weighted by atomic mass is 9.47. The zero-order chi connectivity index (χ0) is 31.6. The molecule has 6 rings (SSSR count). The zero-order valence-electron chi connectivity index (χ0n) is 26.6. The van der Waals surface area contributed by atoms with E-state index in [0.717, 1.165) is 62.0 Å². The molecule has 0 bridgehead atoms. The number of hydrogen-bond acceptors (Lipinski definition) is 9. The zero-order valence-corrected chi connectivity index (χ0v) is 26.6. The number of allylic oxidation sites excluding steroid dienone is 1. The van der Waals surface area contributed by atoms with Gasteiger partial charge in [0, 0.05) is 11.5 Å². The topological polar surface area (TPSA) is 135 Å². The van der Waals surface area contributed by atoms with Gasteiger partial charge in [-0.1, -0.05) is 25.5 Å². The van der Waals surface area contributed by atoms with Gasteiger partial charge in [0.15, 0.2) is 6.29 Å². The Morgan fingerprint density at radius 2 is 1.80 bits per heavy atom. The number of Topliss-reactive ketones (excluding diaryl/α,β-unsaturated/α-hetero) is 1. The van der Waals surface area contributed by atoms with Crippen molar-refractivity contribution in [3.05, 3.63) is 35.4 Å². The van der Waals surface area contributed by atoms with E-state index >= 15 is 0 Å². The summed E-state index contributed by atoms with van der Waals surface area (Å²) in [4.78, 5) is 13.4. The molecule has 5 aliphatic rings. The third-order valence-corrected chi connectivity index (χ3v) is 12.6. The molecule has 1 heterocycles. The number of benzene rings is 1. The highest BCUT2D eigenvalue weighted by atomic mass is 16.7. The Morgan fingerprint density at radius 1 is 1.02 bits per heavy atom. The molecule has 13 atom stereocenters. The Kier molecular flexibility index (Phi) is 8.70. The minimum atomic E-state index is -1.45. The first-order valence-electron chi connectivity index (χ1n) is 16.3. The molecule has 0 aromatic heterocycles. The molecule has 9 heteroatoms. The molecule has 0 amide bonds. The van der Waals surface area contributed by atoms with Crippen molar-refractivity contribution < 1.29 is 44.2 Å². The smallest absolute Gasteiger partial charge is 0.186 e. The summed E-state index contributed by atoms with van der Waals surface area (Å²) >= 11 is 0. The van der Waals surface area contributed by atoms with Crippen LogP contribution in [0.5, 0.6) is 11.5 Å². The number of carbonyl (C=O) groups is 1. The fourth-order valence-electron chi connectivity index (χ4n) is 10.3. The van der Waals surface area contributed by atoms with Crippen LogP contribution in [0.1, 0.15) is 77.2 Å². The highest BCUT2D eigenvalue weighted by molar-refractivity contribution is 5.81. The van der Waals surface area contributed by atoms with Crippen molar-refractivity contribution in [3.8, 4) is 11.5 Å². The maximum Gasteiger partial charge on any atom is 0.186 e. The molecule has 4 fully saturated rings. The van der Waals surface area contributed by atoms with Crippen LogP contribution in [0.2, 0.25) is 0 Å². The summed E-state index contributed by atoms with van der Waals surface area (Å²) in [6.07, 6.45) is 2.34. The maximum atomic E-state index is 13.4. The van der Waals surface area contributed by atoms with E-state index in [2.05, 4.69) is 26.0 Å². The van der Waals surface area contributed by atoms with Crippen LogP contribution in [0.3, 0.4) is 0 Å². The lowest BCUT2D eigenvalue weighted by Gasteiger charge is -2.58. The number of methoxy groups -OCH3 is 2. The van der Waals surface area contributed by atoms with E-state index in [-0.39, 0.29) is 34.6 Å². The number of aliphatic hydroxyl groups is 4. The van der Waals surface area contributed by atoms with Crippen molar-refractivity contribution in [2.24, 2.45) is 34.5 Å². The molecule has 1 aromatic rings. The van der Waals surface area contributed by atoms with Gasteiger partial charge in [-0.3, -0.25) is 4.79 Å². The molecular weight excluding hydrogens is 564 g/mol. The van der Waals surface area contributed by atoms with E-state index in [0.29, 0.717) is 17.8 Å². The number of ether oxygens (including phenoxy) is 4. The van der Waals surface area contributed by atoms with E-state index < -0.39 is 37.3 Å². The van der Waals surface area contributed by atoms with Gasteiger partial charge in [0.2, 0.25) is 0 Å². The fourth-order valence-corrected chi connectivity index (χ4v) is 10.3. The third-order valence-electron chi connectivity index (χ3n) is 12.6. The van der Waals surface area contributed by atoms with Gasteiger partial charge in [-0.2, -0.15) is 0 Å². The Hall–Kier alpha value is -2.01. The SMILES string of the molecule is COc1ccc(OC)c([C@@H]2C[C@H]3[C@@H]4CC=C5C[C@@H](O[C@@H]6O[C@H](CO)[C@@H](O)[C@H](O)[C@H]6O)CC[C@]5(C)[C@H]4CC[C@]3(C)[C@H]2C(C)=O)c1. The first kappa shape index (κ1) is 32.0. The predicted molar refractivity (Wildman–Crippen MR) is 162 cm³/mol. The van der Waals surface area contributed by atoms with Crippen LogP contribution in [0, 0.1) is 34.5 Å². The lowest BCUT2D eigenvalue weighted by molar-refractivity contribution is -0.313. The summed E-state index contributed by atoms with van der Waals surface area (Å²) in [5.74, 6) is 3.25. The number of aliphatic hydroxyl groups excluding tert-OH is 4. The van der Waals surface area contributed by atoms with Crippen molar-refractivity contribution in [3.63, 3.8) is 0 Å². The summed E-state index contributed by atoms with van der Waals surface area (Å²) in [7, 11) is 3.37. The van der Waals surface area contributed by atoms with E-state index in [1.807, 2.05) is 12.1 Å². The number of hydrogen-bond donors (Lipinski definition) is 4. The number of rotatable bonds is 7. The molecule has 1 saturated heterocycles. The molecule has 1 aliphatic heterocycles. The molecule has 0 radical (unpaired) electrons. The average molecular weight is 615 g/mol. The number of fused-ring (bicyclic) bond motifs is 5. The maximum absolute atomic E-state index is 13.4. The van der Waals surface area contributed by atoms with Gasteiger partial charge < -0.3 is 39.4 Å². The normalized spacial score (nSPS) is 45.0. The molecule has 244 valence electrons. The Bertz CT molecular complexity index is 1260. The van der Waals surface area contributed by atoms with Crippen LogP contribution in [0.25, 0.3) is 0 Å². The lowest BCUT2D eigenvalue weighted by Crippen LogP contribution is -2.60. The molecule has 9 nitrogen and oxygen atoms in total. The Balaban J connectivity index is 1.24. The van der Waals surface area contributed by atoms with E-state index in [4.69, 9.17) is 18.9 Å². The van der Waals surface area contributed by atoms with Gasteiger partial charge >= 0.3 is 0 Å². The minimum absolute atomic E-state index is 0.0248. The van der Waals surface area contributed by atoms with Crippen molar-refractivity contribution in [1.29, 1.82) is 0 Å². The molecule has 1 aromatic carbocycles. The standard InChI is InChI=1S/C35H50O9/c1-18(37)29-24(23-15-20(41-4)7-9-27(23)42-5)16-26-22-8-6-19-14-21(10-12-34(19,2)25(22)11-13-35(26,29)3)43-33-32(40)31(39)30(38)28(17-36)44-33/h6-7,9,15,21-22,24-26,28-33,36,38-40H,8,10-14,16-17H2,1-5H3/t21-,22+,24-,25-,26-,28+,29-,30+,31-,32+,33+,34-,35-/m0/s1. The molecule has 0 unspecified atom stereocenters. The van der Waals surface area contributed by atoms with Gasteiger partial charge in [0.05, 0.1) is 26.9 Å². The fraction of sp³-hybridized carbons (Fsp3) is 0.743. The van der Waals surface area contributed by atoms with E-state index in [1.54, 1.807) is 21.1 Å². The molecule has 3 saturated carbocycles. The quantitative estimate of drug-likeness (QED) is 0.339. The largest absolute Gasteiger partial charge is 0.497 e. The van der Waals surface area contributed by atoms with Crippen LogP contribution < -0.4 is 9.47 Å². The summed E-state index contributed by atoms with van der Waals surface area (Å²) in [6.45, 7) is 6.06. The summed E-state index contributed by atoms with van der Waals surface area (Å²) < 4.78 is 23.2. The van der Waals surface area contributed by atoms with Crippen LogP contribution in [0.15, 0.2) is 29.8 Å². The van der Waals surface area contributed by atoms with Crippen LogP contribution in [0.4, 0.5) is 0 Å². The second kappa shape index (κ2) is 12.0. The van der Waals surface area contributed by atoms with Crippen LogP contribution in [-0.2, 0) is 14.3 Å². The highest BCUT2D eigenvalue weighted by Gasteiger charge is 2.62. The number of carbonyl (C=O) groups excluding carboxylic acids is 1. The van der Waals surface area contributed by atoms with Crippen LogP contribution in [-0.4, -0.2) is 83.8 Å². The molecule has 0 spiro atoms. The molecule has 4 aliphatic carbocycles. The van der Waals surface area contributed by atoms with Crippen molar-refractivity contribution in [2.75, 3.05) is 20.8 Å². The summed E-state index contributed by atoms with van der Waals surface area (Å²) in [6, 6.07) is 5.94. The molecular formula is C35H50O9. The average Bonchev–Trinajstić information content (AvgIpc) is 3.34. The minimum Gasteiger partial charge on any atom is -0.497 e. The van der Waals surface area contributed by atoms with Gasteiger partial charge in [0.25, 0.3) is 0 Å². The third kappa shape index (κ3) is 5.03. The van der Waals surface area contributed by atoms with Gasteiger partial charge in [-0.15, -0.1) is 0 Å². The van der Waals surface area contributed by atoms with E-state index in [9.17, 15) is 25.2 Å². The Morgan fingerprint density at radius 3 is 2.48 bits per heavy atom. The molecule has 4 N–H and O–H groups in total. The Labute approximate surface area is 260 Å². The first-order chi connectivity index (χ1) is 21.0. The first-order valence-corrected chi connectivity index (χ1v) is 16.3. The summed E-state index contributed by atoms with van der Waals surface area (Å²) in [5.41, 5.74) is 2.40. The molecule has 44 heavy (non-hydrogen) atoms.